The quantitative estimate of drug-likeness (QED) is 0.706. The van der Waals surface area contributed by atoms with E-state index in [1.807, 2.05) is 63.2 Å². The molecule has 0 bridgehead atoms. The molecule has 1 heterocycles. The van der Waals surface area contributed by atoms with Gasteiger partial charge in [0.25, 0.3) is 0 Å². The van der Waals surface area contributed by atoms with Crippen LogP contribution in [-0.4, -0.2) is 20.9 Å². The lowest BCUT2D eigenvalue weighted by molar-refractivity contribution is 0.0689. The van der Waals surface area contributed by atoms with Gasteiger partial charge in [0.2, 0.25) is 0 Å². The van der Waals surface area contributed by atoms with Gasteiger partial charge in [-0.2, -0.15) is 5.10 Å². The molecule has 0 aliphatic heterocycles. The number of hydrogen-bond donors (Lipinski definition) is 1. The number of hydrogen-bond acceptors (Lipinski definition) is 2. The van der Waals surface area contributed by atoms with Gasteiger partial charge in [-0.25, -0.2) is 4.79 Å². The van der Waals surface area contributed by atoms with Crippen molar-refractivity contribution in [1.29, 1.82) is 0 Å². The van der Waals surface area contributed by atoms with Crippen molar-refractivity contribution < 1.29 is 9.90 Å². The van der Waals surface area contributed by atoms with Gasteiger partial charge in [0.1, 0.15) is 0 Å². The second-order valence-corrected chi connectivity index (χ2v) is 6.62. The fraction of sp³-hybridized carbons (Fsp3) is 0.200. The third-order valence-corrected chi connectivity index (χ3v) is 4.76. The maximum absolute atomic E-state index is 11.4. The highest BCUT2D eigenvalue weighted by Gasteiger charge is 2.19. The molecule has 0 saturated carbocycles. The number of halogens is 1. The molecule has 1 unspecified atom stereocenters. The average molecular weight is 355 g/mol. The van der Waals surface area contributed by atoms with Gasteiger partial charge >= 0.3 is 5.97 Å². The SMILES string of the molecule is Cc1ccc(C(C)n2nc(C(=O)O)cc2-c2ccc(Cl)c(C)c2)cc1. The predicted molar refractivity (Wildman–Crippen MR) is 99.4 cm³/mol. The molecular weight excluding hydrogens is 336 g/mol. The molecule has 2 aromatic carbocycles. The first-order valence-electron chi connectivity index (χ1n) is 8.02. The van der Waals surface area contributed by atoms with Crippen molar-refractivity contribution in [1.82, 2.24) is 9.78 Å². The summed E-state index contributed by atoms with van der Waals surface area (Å²) >= 11 is 6.12. The molecule has 0 radical (unpaired) electrons. The van der Waals surface area contributed by atoms with Crippen LogP contribution in [0.2, 0.25) is 5.02 Å². The zero-order valence-corrected chi connectivity index (χ0v) is 15.1. The van der Waals surface area contributed by atoms with E-state index in [0.717, 1.165) is 22.4 Å². The number of rotatable bonds is 4. The molecule has 0 aliphatic carbocycles. The smallest absolute Gasteiger partial charge is 0.356 e. The van der Waals surface area contributed by atoms with Gasteiger partial charge in [-0.15, -0.1) is 0 Å². The number of benzene rings is 2. The largest absolute Gasteiger partial charge is 0.476 e. The van der Waals surface area contributed by atoms with Gasteiger partial charge in [-0.1, -0.05) is 47.5 Å². The number of aryl methyl sites for hydroxylation is 2. The van der Waals surface area contributed by atoms with Crippen LogP contribution < -0.4 is 0 Å². The number of aromatic carboxylic acids is 1. The standard InChI is InChI=1S/C20H19ClN2O2/c1-12-4-6-15(7-5-12)14(3)23-19(11-18(22-23)20(24)25)16-8-9-17(21)13(2)10-16/h4-11,14H,1-3H3,(H,24,25). The molecule has 128 valence electrons. The number of nitrogens with zero attached hydrogens (tertiary/aromatic N) is 2. The molecule has 0 saturated heterocycles. The normalized spacial score (nSPS) is 12.2. The third kappa shape index (κ3) is 3.44. The predicted octanol–water partition coefficient (Wildman–Crippen LogP) is 5.13. The van der Waals surface area contributed by atoms with Crippen molar-refractivity contribution in [2.75, 3.05) is 0 Å². The van der Waals surface area contributed by atoms with E-state index >= 15 is 0 Å². The Labute approximate surface area is 151 Å². The topological polar surface area (TPSA) is 55.1 Å². The van der Waals surface area contributed by atoms with Crippen LogP contribution in [0.3, 0.4) is 0 Å². The van der Waals surface area contributed by atoms with Gasteiger partial charge in [0, 0.05) is 10.6 Å². The summed E-state index contributed by atoms with van der Waals surface area (Å²) in [4.78, 5) is 11.4. The van der Waals surface area contributed by atoms with E-state index in [9.17, 15) is 9.90 Å². The Morgan fingerprint density at radius 3 is 2.40 bits per heavy atom. The highest BCUT2D eigenvalue weighted by molar-refractivity contribution is 6.31. The fourth-order valence-electron chi connectivity index (χ4n) is 2.80. The Balaban J connectivity index is 2.13. The molecular formula is C20H19ClN2O2. The minimum Gasteiger partial charge on any atom is -0.476 e. The van der Waals surface area contributed by atoms with E-state index in [-0.39, 0.29) is 11.7 Å². The summed E-state index contributed by atoms with van der Waals surface area (Å²) in [6, 6.07) is 15.3. The van der Waals surface area contributed by atoms with E-state index in [2.05, 4.69) is 5.10 Å². The van der Waals surface area contributed by atoms with E-state index in [1.165, 1.54) is 5.56 Å². The Kier molecular flexibility index (Phi) is 4.64. The van der Waals surface area contributed by atoms with Crippen LogP contribution >= 0.6 is 11.6 Å². The molecule has 1 N–H and O–H groups in total. The summed E-state index contributed by atoms with van der Waals surface area (Å²) in [7, 11) is 0. The molecule has 0 spiro atoms. The van der Waals surface area contributed by atoms with E-state index in [1.54, 1.807) is 10.7 Å². The molecule has 3 rings (SSSR count). The fourth-order valence-corrected chi connectivity index (χ4v) is 2.92. The number of carboxylic acids is 1. The molecule has 0 fully saturated rings. The monoisotopic (exact) mass is 354 g/mol. The van der Waals surface area contributed by atoms with Crippen LogP contribution in [0.25, 0.3) is 11.3 Å². The summed E-state index contributed by atoms with van der Waals surface area (Å²) < 4.78 is 1.76. The summed E-state index contributed by atoms with van der Waals surface area (Å²) in [6.45, 7) is 5.97. The molecule has 1 aromatic heterocycles. The van der Waals surface area contributed by atoms with Crippen LogP contribution in [0.1, 0.15) is 40.1 Å². The first-order chi connectivity index (χ1) is 11.9. The minimum atomic E-state index is -1.04. The second-order valence-electron chi connectivity index (χ2n) is 6.22. The van der Waals surface area contributed by atoms with Crippen LogP contribution in [0.4, 0.5) is 0 Å². The zero-order chi connectivity index (χ0) is 18.1. The van der Waals surface area contributed by atoms with E-state index in [4.69, 9.17) is 11.6 Å². The molecule has 3 aromatic rings. The molecule has 4 nitrogen and oxygen atoms in total. The van der Waals surface area contributed by atoms with Crippen molar-refractivity contribution in [2.45, 2.75) is 26.8 Å². The number of carboxylic acid groups (broad SMARTS) is 1. The van der Waals surface area contributed by atoms with Gasteiger partial charge in [-0.05, 0) is 50.1 Å². The van der Waals surface area contributed by atoms with Gasteiger partial charge in [0.05, 0.1) is 11.7 Å². The summed E-state index contributed by atoms with van der Waals surface area (Å²) in [6.07, 6.45) is 0. The van der Waals surface area contributed by atoms with Gasteiger partial charge < -0.3 is 5.11 Å². The van der Waals surface area contributed by atoms with Crippen LogP contribution in [-0.2, 0) is 0 Å². The Hall–Kier alpha value is -2.59. The molecule has 0 aliphatic rings. The summed E-state index contributed by atoms with van der Waals surface area (Å²) in [5, 5.41) is 14.4. The minimum absolute atomic E-state index is 0.0292. The summed E-state index contributed by atoms with van der Waals surface area (Å²) in [5.74, 6) is -1.04. The van der Waals surface area contributed by atoms with Crippen LogP contribution in [0.15, 0.2) is 48.5 Å². The van der Waals surface area contributed by atoms with E-state index in [0.29, 0.717) is 5.02 Å². The highest BCUT2D eigenvalue weighted by Crippen LogP contribution is 2.30. The average Bonchev–Trinajstić information content (AvgIpc) is 3.03. The maximum Gasteiger partial charge on any atom is 0.356 e. The maximum atomic E-state index is 11.4. The first-order valence-corrected chi connectivity index (χ1v) is 8.40. The van der Waals surface area contributed by atoms with Crippen molar-refractivity contribution >= 4 is 17.6 Å². The van der Waals surface area contributed by atoms with Gasteiger partial charge in [0.15, 0.2) is 5.69 Å². The zero-order valence-electron chi connectivity index (χ0n) is 14.3. The molecule has 0 amide bonds. The molecule has 25 heavy (non-hydrogen) atoms. The first kappa shape index (κ1) is 17.2. The Bertz CT molecular complexity index is 929. The van der Waals surface area contributed by atoms with Crippen LogP contribution in [0.5, 0.6) is 0 Å². The highest BCUT2D eigenvalue weighted by atomic mass is 35.5. The van der Waals surface area contributed by atoms with Crippen LogP contribution in [0, 0.1) is 13.8 Å². The lowest BCUT2D eigenvalue weighted by atomic mass is 10.0. The lowest BCUT2D eigenvalue weighted by Crippen LogP contribution is -2.11. The molecule has 1 atom stereocenters. The van der Waals surface area contributed by atoms with E-state index < -0.39 is 5.97 Å². The van der Waals surface area contributed by atoms with Crippen molar-refractivity contribution in [3.8, 4) is 11.3 Å². The third-order valence-electron chi connectivity index (χ3n) is 4.34. The number of carbonyl (C=O) groups is 1. The van der Waals surface area contributed by atoms with Crippen molar-refractivity contribution in [2.24, 2.45) is 0 Å². The molecule has 5 heteroatoms. The van der Waals surface area contributed by atoms with Gasteiger partial charge in [-0.3, -0.25) is 4.68 Å². The number of aromatic nitrogens is 2. The Morgan fingerprint density at radius 2 is 1.80 bits per heavy atom. The lowest BCUT2D eigenvalue weighted by Gasteiger charge is -2.17. The second kappa shape index (κ2) is 6.73. The Morgan fingerprint density at radius 1 is 1.12 bits per heavy atom. The summed E-state index contributed by atoms with van der Waals surface area (Å²) in [5.41, 5.74) is 4.85. The van der Waals surface area contributed by atoms with Crippen molar-refractivity contribution in [3.63, 3.8) is 0 Å². The van der Waals surface area contributed by atoms with Crippen molar-refractivity contribution in [3.05, 3.63) is 75.9 Å².